The molecule has 0 saturated heterocycles. The third-order valence-corrected chi connectivity index (χ3v) is 3.48. The first-order chi connectivity index (χ1) is 7.83. The maximum absolute atomic E-state index is 13.4. The van der Waals surface area contributed by atoms with E-state index in [0.29, 0.717) is 10.9 Å². The molecule has 0 spiro atoms. The molecule has 0 fully saturated rings. The first-order valence-electron chi connectivity index (χ1n) is 5.72. The second kappa shape index (κ2) is 5.94. The highest BCUT2D eigenvalue weighted by atomic mass is 79.9. The highest BCUT2D eigenvalue weighted by Gasteiger charge is 2.19. The average molecular weight is 303 g/mol. The third-order valence-electron chi connectivity index (χ3n) is 2.59. The zero-order chi connectivity index (χ0) is 13.1. The molecule has 0 aliphatic carbocycles. The smallest absolute Gasteiger partial charge is 0.137 e. The Labute approximate surface area is 111 Å². The Balaban J connectivity index is 2.77. The van der Waals surface area contributed by atoms with Gasteiger partial charge in [0.05, 0.1) is 4.47 Å². The van der Waals surface area contributed by atoms with Crippen molar-refractivity contribution in [3.63, 3.8) is 0 Å². The minimum atomic E-state index is -0.228. The number of benzene rings is 1. The zero-order valence-electron chi connectivity index (χ0n) is 10.6. The van der Waals surface area contributed by atoms with E-state index in [9.17, 15) is 4.39 Å². The molecule has 4 heteroatoms. The lowest BCUT2D eigenvalue weighted by molar-refractivity contribution is 0.308. The number of nitrogens with one attached hydrogen (secondary N) is 1. The van der Waals surface area contributed by atoms with Gasteiger partial charge in [0.1, 0.15) is 5.82 Å². The Bertz CT molecular complexity index is 374. The lowest BCUT2D eigenvalue weighted by Gasteiger charge is -2.25. The molecule has 3 N–H and O–H groups in total. The van der Waals surface area contributed by atoms with Gasteiger partial charge in [-0.25, -0.2) is 4.39 Å². The maximum atomic E-state index is 13.4. The van der Waals surface area contributed by atoms with Gasteiger partial charge in [-0.05, 0) is 45.8 Å². The van der Waals surface area contributed by atoms with Gasteiger partial charge >= 0.3 is 0 Å². The molecular weight excluding hydrogens is 283 g/mol. The van der Waals surface area contributed by atoms with Crippen molar-refractivity contribution in [3.05, 3.63) is 34.1 Å². The average Bonchev–Trinajstić information content (AvgIpc) is 2.21. The van der Waals surface area contributed by atoms with Crippen LogP contribution in [0.5, 0.6) is 0 Å². The Hall–Kier alpha value is -0.450. The Morgan fingerprint density at radius 1 is 1.41 bits per heavy atom. The van der Waals surface area contributed by atoms with Gasteiger partial charge in [0.25, 0.3) is 0 Å². The fraction of sp³-hybridized carbons (Fsp3) is 0.538. The minimum absolute atomic E-state index is 0.146. The molecule has 1 atom stereocenters. The van der Waals surface area contributed by atoms with Crippen LogP contribution in [0.2, 0.25) is 0 Å². The first-order valence-corrected chi connectivity index (χ1v) is 6.52. The van der Waals surface area contributed by atoms with Gasteiger partial charge in [-0.2, -0.15) is 0 Å². The van der Waals surface area contributed by atoms with Crippen LogP contribution in [0.4, 0.5) is 4.39 Å². The molecule has 1 aromatic carbocycles. The van der Waals surface area contributed by atoms with Crippen molar-refractivity contribution in [1.82, 2.24) is 5.43 Å². The minimum Gasteiger partial charge on any atom is -0.271 e. The molecule has 0 aliphatic rings. The van der Waals surface area contributed by atoms with E-state index in [1.807, 2.05) is 6.07 Å². The molecule has 1 aromatic rings. The van der Waals surface area contributed by atoms with E-state index in [4.69, 9.17) is 5.84 Å². The molecule has 0 bridgehead atoms. The van der Waals surface area contributed by atoms with Crippen LogP contribution in [0.25, 0.3) is 0 Å². The summed E-state index contributed by atoms with van der Waals surface area (Å²) in [4.78, 5) is 0. The fourth-order valence-corrected chi connectivity index (χ4v) is 2.33. The van der Waals surface area contributed by atoms with Crippen LogP contribution >= 0.6 is 15.9 Å². The number of halogens is 2. The predicted molar refractivity (Wildman–Crippen MR) is 73.0 cm³/mol. The monoisotopic (exact) mass is 302 g/mol. The van der Waals surface area contributed by atoms with Gasteiger partial charge < -0.3 is 0 Å². The molecule has 0 amide bonds. The molecule has 0 saturated carbocycles. The number of nitrogens with two attached hydrogens (primary N) is 1. The van der Waals surface area contributed by atoms with E-state index >= 15 is 0 Å². The second-order valence-electron chi connectivity index (χ2n) is 5.55. The SMILES string of the molecule is CC(C)(C)CC(Cc1cccc(F)c1Br)NN. The normalized spacial score (nSPS) is 13.8. The van der Waals surface area contributed by atoms with E-state index in [1.54, 1.807) is 6.07 Å². The molecule has 0 heterocycles. The molecule has 1 rings (SSSR count). The third kappa shape index (κ3) is 4.74. The highest BCUT2D eigenvalue weighted by Crippen LogP contribution is 2.26. The Morgan fingerprint density at radius 2 is 2.06 bits per heavy atom. The summed E-state index contributed by atoms with van der Waals surface area (Å²) in [6, 6.07) is 5.23. The van der Waals surface area contributed by atoms with Gasteiger partial charge in [0, 0.05) is 6.04 Å². The summed E-state index contributed by atoms with van der Waals surface area (Å²) < 4.78 is 13.9. The fourth-order valence-electron chi connectivity index (χ4n) is 1.90. The lowest BCUT2D eigenvalue weighted by atomic mass is 9.86. The molecular formula is C13H20BrFN2. The van der Waals surface area contributed by atoms with Crippen molar-refractivity contribution < 1.29 is 4.39 Å². The summed E-state index contributed by atoms with van der Waals surface area (Å²) in [5.74, 6) is 5.33. The number of rotatable bonds is 4. The first kappa shape index (κ1) is 14.6. The van der Waals surface area contributed by atoms with E-state index in [0.717, 1.165) is 12.0 Å². The van der Waals surface area contributed by atoms with Crippen molar-refractivity contribution >= 4 is 15.9 Å². The summed E-state index contributed by atoms with van der Waals surface area (Å²) in [6.07, 6.45) is 1.65. The van der Waals surface area contributed by atoms with Crippen molar-refractivity contribution in [2.45, 2.75) is 39.7 Å². The number of hydrogen-bond donors (Lipinski definition) is 2. The summed E-state index contributed by atoms with van der Waals surface area (Å²) >= 11 is 3.27. The Kier molecular flexibility index (Phi) is 5.10. The number of hydrazine groups is 1. The lowest BCUT2D eigenvalue weighted by Crippen LogP contribution is -2.39. The predicted octanol–water partition coefficient (Wildman–Crippen LogP) is 3.40. The largest absolute Gasteiger partial charge is 0.271 e. The maximum Gasteiger partial charge on any atom is 0.137 e. The van der Waals surface area contributed by atoms with Crippen LogP contribution in [-0.2, 0) is 6.42 Å². The Morgan fingerprint density at radius 3 is 2.59 bits per heavy atom. The molecule has 17 heavy (non-hydrogen) atoms. The molecule has 1 unspecified atom stereocenters. The van der Waals surface area contributed by atoms with Gasteiger partial charge in [0.15, 0.2) is 0 Å². The molecule has 0 aromatic heterocycles. The topological polar surface area (TPSA) is 38.0 Å². The van der Waals surface area contributed by atoms with E-state index in [-0.39, 0.29) is 17.3 Å². The molecule has 0 radical (unpaired) electrons. The second-order valence-corrected chi connectivity index (χ2v) is 6.34. The summed E-state index contributed by atoms with van der Waals surface area (Å²) in [6.45, 7) is 6.49. The van der Waals surface area contributed by atoms with Gasteiger partial charge in [-0.15, -0.1) is 0 Å². The quantitative estimate of drug-likeness (QED) is 0.661. The van der Waals surface area contributed by atoms with Crippen LogP contribution in [0.3, 0.4) is 0 Å². The van der Waals surface area contributed by atoms with Crippen molar-refractivity contribution in [2.24, 2.45) is 11.3 Å². The van der Waals surface area contributed by atoms with Crippen molar-refractivity contribution in [1.29, 1.82) is 0 Å². The standard InChI is InChI=1S/C13H20BrFN2/c1-13(2,3)8-10(17-16)7-9-5-4-6-11(15)12(9)14/h4-6,10,17H,7-8,16H2,1-3H3. The van der Waals surface area contributed by atoms with E-state index < -0.39 is 0 Å². The van der Waals surface area contributed by atoms with Crippen molar-refractivity contribution in [3.8, 4) is 0 Å². The molecule has 2 nitrogen and oxygen atoms in total. The van der Waals surface area contributed by atoms with Crippen LogP contribution < -0.4 is 11.3 Å². The summed E-state index contributed by atoms with van der Waals surface area (Å²) in [5, 5.41) is 0. The summed E-state index contributed by atoms with van der Waals surface area (Å²) in [7, 11) is 0. The van der Waals surface area contributed by atoms with Crippen LogP contribution in [0.1, 0.15) is 32.8 Å². The highest BCUT2D eigenvalue weighted by molar-refractivity contribution is 9.10. The molecule has 96 valence electrons. The zero-order valence-corrected chi connectivity index (χ0v) is 12.1. The van der Waals surface area contributed by atoms with Crippen LogP contribution in [0.15, 0.2) is 22.7 Å². The van der Waals surface area contributed by atoms with Crippen LogP contribution in [0, 0.1) is 11.2 Å². The van der Waals surface area contributed by atoms with Crippen molar-refractivity contribution in [2.75, 3.05) is 0 Å². The van der Waals surface area contributed by atoms with Gasteiger partial charge in [0.2, 0.25) is 0 Å². The van der Waals surface area contributed by atoms with E-state index in [2.05, 4.69) is 42.1 Å². The van der Waals surface area contributed by atoms with E-state index in [1.165, 1.54) is 6.07 Å². The molecule has 0 aliphatic heterocycles. The summed E-state index contributed by atoms with van der Waals surface area (Å²) in [5.41, 5.74) is 3.94. The van der Waals surface area contributed by atoms with Crippen LogP contribution in [-0.4, -0.2) is 6.04 Å². The number of hydrogen-bond acceptors (Lipinski definition) is 2. The van der Waals surface area contributed by atoms with Gasteiger partial charge in [-0.3, -0.25) is 11.3 Å². The van der Waals surface area contributed by atoms with Gasteiger partial charge in [-0.1, -0.05) is 32.9 Å².